The van der Waals surface area contributed by atoms with Gasteiger partial charge in [-0.1, -0.05) is 25.8 Å². The fourth-order valence-corrected chi connectivity index (χ4v) is 4.52. The molecule has 4 nitrogen and oxygen atoms in total. The Hall–Kier alpha value is -1.14. The van der Waals surface area contributed by atoms with Crippen LogP contribution in [0.1, 0.15) is 32.6 Å². The van der Waals surface area contributed by atoms with Crippen molar-refractivity contribution in [2.24, 2.45) is 5.92 Å². The standard InChI is InChI=1S/C14H21FN2O2S/c1-10-6-3-4-8-12(10)17(2)20(18,19)13-9-5-7-11(15)14(13)16/h5,7,9-10,12H,3-4,6,8,16H2,1-2H3. The van der Waals surface area contributed by atoms with Crippen LogP contribution in [-0.4, -0.2) is 25.8 Å². The normalized spacial score (nSPS) is 24.0. The third kappa shape index (κ3) is 2.67. The Bertz CT molecular complexity index is 589. The highest BCUT2D eigenvalue weighted by Gasteiger charge is 2.34. The Morgan fingerprint density at radius 2 is 1.95 bits per heavy atom. The van der Waals surface area contributed by atoms with Crippen molar-refractivity contribution in [1.82, 2.24) is 4.31 Å². The predicted molar refractivity (Wildman–Crippen MR) is 77.2 cm³/mol. The summed E-state index contributed by atoms with van der Waals surface area (Å²) in [4.78, 5) is -0.141. The van der Waals surface area contributed by atoms with Crippen molar-refractivity contribution in [2.75, 3.05) is 12.8 Å². The highest BCUT2D eigenvalue weighted by molar-refractivity contribution is 7.89. The number of benzene rings is 1. The number of para-hydroxylation sites is 1. The van der Waals surface area contributed by atoms with Crippen LogP contribution in [0.5, 0.6) is 0 Å². The largest absolute Gasteiger partial charge is 0.395 e. The average Bonchev–Trinajstić information content (AvgIpc) is 2.41. The van der Waals surface area contributed by atoms with Gasteiger partial charge in [0.15, 0.2) is 0 Å². The number of halogens is 1. The second-order valence-corrected chi connectivity index (χ2v) is 7.47. The molecule has 0 saturated heterocycles. The maximum atomic E-state index is 13.5. The lowest BCUT2D eigenvalue weighted by Crippen LogP contribution is -2.42. The maximum Gasteiger partial charge on any atom is 0.245 e. The first-order valence-electron chi connectivity index (χ1n) is 6.87. The number of sulfonamides is 1. The second kappa shape index (κ2) is 5.69. The van der Waals surface area contributed by atoms with E-state index in [1.807, 2.05) is 0 Å². The summed E-state index contributed by atoms with van der Waals surface area (Å²) in [7, 11) is -2.19. The fraction of sp³-hybridized carbons (Fsp3) is 0.571. The molecular formula is C14H21FN2O2S. The molecule has 112 valence electrons. The van der Waals surface area contributed by atoms with E-state index in [0.29, 0.717) is 5.92 Å². The van der Waals surface area contributed by atoms with E-state index in [4.69, 9.17) is 5.73 Å². The summed E-state index contributed by atoms with van der Waals surface area (Å²) >= 11 is 0. The molecule has 2 rings (SSSR count). The Kier molecular flexibility index (Phi) is 4.34. The molecule has 1 aromatic rings. The lowest BCUT2D eigenvalue weighted by Gasteiger charge is -2.35. The molecule has 0 radical (unpaired) electrons. The van der Waals surface area contributed by atoms with Crippen molar-refractivity contribution >= 4 is 15.7 Å². The van der Waals surface area contributed by atoms with Crippen molar-refractivity contribution in [2.45, 2.75) is 43.5 Å². The van der Waals surface area contributed by atoms with Gasteiger partial charge in [-0.3, -0.25) is 0 Å². The highest BCUT2D eigenvalue weighted by atomic mass is 32.2. The first-order chi connectivity index (χ1) is 9.35. The molecule has 2 N–H and O–H groups in total. The van der Waals surface area contributed by atoms with Crippen molar-refractivity contribution in [3.05, 3.63) is 24.0 Å². The van der Waals surface area contributed by atoms with Gasteiger partial charge in [0, 0.05) is 13.1 Å². The lowest BCUT2D eigenvalue weighted by atomic mass is 9.86. The van der Waals surface area contributed by atoms with E-state index in [2.05, 4.69) is 6.92 Å². The molecule has 6 heteroatoms. The summed E-state index contributed by atoms with van der Waals surface area (Å²) in [6, 6.07) is 3.85. The Morgan fingerprint density at radius 3 is 2.60 bits per heavy atom. The monoisotopic (exact) mass is 300 g/mol. The first-order valence-corrected chi connectivity index (χ1v) is 8.31. The van der Waals surface area contributed by atoms with Crippen LogP contribution in [0.2, 0.25) is 0 Å². The molecule has 0 amide bonds. The minimum Gasteiger partial charge on any atom is -0.395 e. The summed E-state index contributed by atoms with van der Waals surface area (Å²) in [5.41, 5.74) is 5.29. The fourth-order valence-electron chi connectivity index (χ4n) is 2.91. The van der Waals surface area contributed by atoms with Crippen LogP contribution in [0.3, 0.4) is 0 Å². The number of nitrogens with zero attached hydrogens (tertiary/aromatic N) is 1. The number of nitrogens with two attached hydrogens (primary N) is 1. The van der Waals surface area contributed by atoms with E-state index in [1.165, 1.54) is 16.4 Å². The van der Waals surface area contributed by atoms with Gasteiger partial charge in [-0.05, 0) is 30.9 Å². The molecule has 0 aliphatic heterocycles. The van der Waals surface area contributed by atoms with Crippen LogP contribution < -0.4 is 5.73 Å². The third-order valence-corrected chi connectivity index (χ3v) is 6.14. The molecule has 1 aromatic carbocycles. The third-order valence-electron chi connectivity index (χ3n) is 4.20. The average molecular weight is 300 g/mol. The highest BCUT2D eigenvalue weighted by Crippen LogP contribution is 2.32. The van der Waals surface area contributed by atoms with E-state index < -0.39 is 15.8 Å². The topological polar surface area (TPSA) is 63.4 Å². The molecule has 1 fully saturated rings. The molecule has 0 bridgehead atoms. The van der Waals surface area contributed by atoms with Gasteiger partial charge in [-0.2, -0.15) is 4.31 Å². The summed E-state index contributed by atoms with van der Waals surface area (Å²) in [6.45, 7) is 2.06. The molecule has 20 heavy (non-hydrogen) atoms. The number of nitrogen functional groups attached to an aromatic ring is 1. The van der Waals surface area contributed by atoms with Crippen molar-refractivity contribution in [3.8, 4) is 0 Å². The minimum absolute atomic E-state index is 0.0450. The first kappa shape index (κ1) is 15.3. The molecule has 1 saturated carbocycles. The van der Waals surface area contributed by atoms with Crippen molar-refractivity contribution in [3.63, 3.8) is 0 Å². The van der Waals surface area contributed by atoms with Gasteiger partial charge >= 0.3 is 0 Å². The minimum atomic E-state index is -3.76. The van der Waals surface area contributed by atoms with E-state index in [-0.39, 0.29) is 16.6 Å². The smallest absolute Gasteiger partial charge is 0.245 e. The molecule has 2 unspecified atom stereocenters. The van der Waals surface area contributed by atoms with Crippen LogP contribution >= 0.6 is 0 Å². The van der Waals surface area contributed by atoms with Gasteiger partial charge in [0.25, 0.3) is 0 Å². The second-order valence-electron chi connectivity index (χ2n) is 5.50. The Labute approximate surface area is 119 Å². The van der Waals surface area contributed by atoms with Gasteiger partial charge in [0.1, 0.15) is 10.7 Å². The zero-order chi connectivity index (χ0) is 14.9. The van der Waals surface area contributed by atoms with Crippen LogP contribution in [0, 0.1) is 11.7 Å². The molecule has 0 aromatic heterocycles. The van der Waals surface area contributed by atoms with Gasteiger partial charge < -0.3 is 5.73 Å². The number of anilines is 1. The van der Waals surface area contributed by atoms with E-state index >= 15 is 0 Å². The molecule has 1 aliphatic rings. The summed E-state index contributed by atoms with van der Waals surface area (Å²) < 4.78 is 40.1. The quantitative estimate of drug-likeness (QED) is 0.873. The molecule has 0 heterocycles. The zero-order valence-corrected chi connectivity index (χ0v) is 12.7. The van der Waals surface area contributed by atoms with Gasteiger partial charge in [0.2, 0.25) is 10.0 Å². The van der Waals surface area contributed by atoms with Crippen molar-refractivity contribution in [1.29, 1.82) is 0 Å². The van der Waals surface area contributed by atoms with Crippen molar-refractivity contribution < 1.29 is 12.8 Å². The van der Waals surface area contributed by atoms with Gasteiger partial charge in [0.05, 0.1) is 5.69 Å². The summed E-state index contributed by atoms with van der Waals surface area (Å²) in [5.74, 6) is -0.394. The number of hydrogen-bond donors (Lipinski definition) is 1. The Morgan fingerprint density at radius 1 is 1.30 bits per heavy atom. The lowest BCUT2D eigenvalue weighted by molar-refractivity contribution is 0.213. The number of rotatable bonds is 3. The molecular weight excluding hydrogens is 279 g/mol. The van der Waals surface area contributed by atoms with Crippen LogP contribution in [0.4, 0.5) is 10.1 Å². The van der Waals surface area contributed by atoms with Crippen LogP contribution in [-0.2, 0) is 10.0 Å². The van der Waals surface area contributed by atoms with E-state index in [0.717, 1.165) is 31.7 Å². The molecule has 1 aliphatic carbocycles. The summed E-state index contributed by atoms with van der Waals surface area (Å²) in [5, 5.41) is 0. The Balaban J connectivity index is 2.36. The summed E-state index contributed by atoms with van der Waals surface area (Å²) in [6.07, 6.45) is 4.01. The van der Waals surface area contributed by atoms with Gasteiger partial charge in [-0.15, -0.1) is 0 Å². The van der Waals surface area contributed by atoms with Crippen LogP contribution in [0.15, 0.2) is 23.1 Å². The van der Waals surface area contributed by atoms with E-state index in [9.17, 15) is 12.8 Å². The predicted octanol–water partition coefficient (Wildman–Crippen LogP) is 2.61. The van der Waals surface area contributed by atoms with E-state index in [1.54, 1.807) is 7.05 Å². The SMILES string of the molecule is CC1CCCCC1N(C)S(=O)(=O)c1cccc(F)c1N. The molecule has 2 atom stereocenters. The molecule has 0 spiro atoms. The zero-order valence-electron chi connectivity index (χ0n) is 11.8. The maximum absolute atomic E-state index is 13.5. The van der Waals surface area contributed by atoms with Gasteiger partial charge in [-0.25, -0.2) is 12.8 Å². The number of hydrogen-bond acceptors (Lipinski definition) is 3. The van der Waals surface area contributed by atoms with Crippen LogP contribution in [0.25, 0.3) is 0 Å².